The molecule has 0 bridgehead atoms. The normalized spacial score (nSPS) is 21.2. The van der Waals surface area contributed by atoms with Gasteiger partial charge in [-0.25, -0.2) is 0 Å². The summed E-state index contributed by atoms with van der Waals surface area (Å²) in [5, 5.41) is 13.7. The molecule has 0 saturated carbocycles. The van der Waals surface area contributed by atoms with Crippen LogP contribution in [0.2, 0.25) is 5.02 Å². The first-order valence-corrected chi connectivity index (χ1v) is 8.50. The van der Waals surface area contributed by atoms with Gasteiger partial charge in [0, 0.05) is 29.6 Å². The third kappa shape index (κ3) is 2.66. The van der Waals surface area contributed by atoms with Crippen molar-refractivity contribution < 1.29 is 14.6 Å². The molecule has 0 saturated heterocycles. The molecule has 4 rings (SSSR count). The molecule has 124 valence electrons. The summed E-state index contributed by atoms with van der Waals surface area (Å²) in [6.07, 6.45) is 1.45. The zero-order chi connectivity index (χ0) is 16.7. The Morgan fingerprint density at radius 3 is 2.88 bits per heavy atom. The lowest BCUT2D eigenvalue weighted by molar-refractivity contribution is -0.138. The van der Waals surface area contributed by atoms with Crippen molar-refractivity contribution in [1.82, 2.24) is 5.32 Å². The van der Waals surface area contributed by atoms with Crippen LogP contribution in [0.25, 0.3) is 0 Å². The summed E-state index contributed by atoms with van der Waals surface area (Å²) in [7, 11) is 0. The van der Waals surface area contributed by atoms with Crippen LogP contribution in [0.4, 0.5) is 0 Å². The zero-order valence-electron chi connectivity index (χ0n) is 13.1. The lowest BCUT2D eigenvalue weighted by atomic mass is 10.0. The van der Waals surface area contributed by atoms with Crippen molar-refractivity contribution in [2.75, 3.05) is 6.61 Å². The van der Waals surface area contributed by atoms with Gasteiger partial charge in [0.15, 0.2) is 0 Å². The van der Waals surface area contributed by atoms with Crippen molar-refractivity contribution in [3.05, 3.63) is 63.7 Å². The summed E-state index contributed by atoms with van der Waals surface area (Å²) >= 11 is 6.21. The van der Waals surface area contributed by atoms with Crippen LogP contribution in [-0.2, 0) is 17.8 Å². The van der Waals surface area contributed by atoms with Gasteiger partial charge in [0.05, 0.1) is 12.5 Å². The fourth-order valence-electron chi connectivity index (χ4n) is 3.77. The summed E-state index contributed by atoms with van der Waals surface area (Å²) in [5.41, 5.74) is 4.17. The van der Waals surface area contributed by atoms with Crippen LogP contribution in [0.5, 0.6) is 5.75 Å². The summed E-state index contributed by atoms with van der Waals surface area (Å²) in [4.78, 5) is 11.5. The van der Waals surface area contributed by atoms with E-state index >= 15 is 0 Å². The summed E-state index contributed by atoms with van der Waals surface area (Å²) in [6.45, 7) is 1.30. The molecular formula is C19H18ClNO3. The largest absolute Gasteiger partial charge is 0.493 e. The van der Waals surface area contributed by atoms with Crippen molar-refractivity contribution in [1.29, 1.82) is 0 Å². The Morgan fingerprint density at radius 1 is 1.29 bits per heavy atom. The quantitative estimate of drug-likeness (QED) is 0.889. The molecular weight excluding hydrogens is 326 g/mol. The molecule has 0 radical (unpaired) electrons. The van der Waals surface area contributed by atoms with E-state index in [1.54, 1.807) is 0 Å². The van der Waals surface area contributed by atoms with Gasteiger partial charge in [-0.3, -0.25) is 4.79 Å². The maximum atomic E-state index is 11.5. The lowest BCUT2D eigenvalue weighted by Crippen LogP contribution is -2.20. The maximum absolute atomic E-state index is 11.5. The smallest absolute Gasteiger partial charge is 0.311 e. The molecule has 24 heavy (non-hydrogen) atoms. The van der Waals surface area contributed by atoms with Gasteiger partial charge in [-0.05, 0) is 35.2 Å². The minimum Gasteiger partial charge on any atom is -0.493 e. The van der Waals surface area contributed by atoms with Crippen LogP contribution >= 0.6 is 11.6 Å². The number of ether oxygens (including phenoxy) is 1. The second-order valence-corrected chi connectivity index (χ2v) is 6.78. The molecule has 1 heterocycles. The van der Waals surface area contributed by atoms with E-state index in [1.807, 2.05) is 36.4 Å². The Labute approximate surface area is 145 Å². The average Bonchev–Trinajstić information content (AvgIpc) is 3.17. The van der Waals surface area contributed by atoms with Crippen LogP contribution in [0.15, 0.2) is 36.4 Å². The number of carbonyl (C=O) groups is 1. The highest BCUT2D eigenvalue weighted by atomic mass is 35.5. The summed E-state index contributed by atoms with van der Waals surface area (Å²) < 4.78 is 5.74. The molecule has 4 nitrogen and oxygen atoms in total. The highest BCUT2D eigenvalue weighted by molar-refractivity contribution is 6.30. The molecule has 0 unspecified atom stereocenters. The number of carboxylic acid groups (broad SMARTS) is 1. The molecule has 0 fully saturated rings. The first kappa shape index (κ1) is 15.5. The van der Waals surface area contributed by atoms with Gasteiger partial charge in [0.2, 0.25) is 0 Å². The van der Waals surface area contributed by atoms with E-state index in [0.717, 1.165) is 34.4 Å². The molecule has 0 aromatic heterocycles. The maximum Gasteiger partial charge on any atom is 0.311 e. The molecule has 1 aliphatic carbocycles. The Morgan fingerprint density at radius 2 is 2.08 bits per heavy atom. The number of rotatable bonds is 4. The minimum atomic E-state index is -0.765. The highest BCUT2D eigenvalue weighted by Crippen LogP contribution is 2.41. The predicted octanol–water partition coefficient (Wildman–Crippen LogP) is 3.68. The third-order valence-corrected chi connectivity index (χ3v) is 5.10. The van der Waals surface area contributed by atoms with Gasteiger partial charge in [0.25, 0.3) is 0 Å². The number of aliphatic carboxylic acids is 1. The highest BCUT2D eigenvalue weighted by Gasteiger charge is 2.35. The number of halogens is 1. The monoisotopic (exact) mass is 343 g/mol. The second-order valence-electron chi connectivity index (χ2n) is 6.34. The van der Waals surface area contributed by atoms with Gasteiger partial charge in [0.1, 0.15) is 5.75 Å². The van der Waals surface area contributed by atoms with E-state index in [4.69, 9.17) is 16.3 Å². The molecule has 0 spiro atoms. The lowest BCUT2D eigenvalue weighted by Gasteiger charge is -2.16. The van der Waals surface area contributed by atoms with E-state index in [1.165, 1.54) is 0 Å². The Balaban J connectivity index is 1.56. The number of benzene rings is 2. The van der Waals surface area contributed by atoms with Crippen LogP contribution in [0, 0.1) is 0 Å². The molecule has 1 aliphatic heterocycles. The van der Waals surface area contributed by atoms with E-state index < -0.39 is 11.9 Å². The topological polar surface area (TPSA) is 58.6 Å². The molecule has 2 atom stereocenters. The van der Waals surface area contributed by atoms with Crippen molar-refractivity contribution in [2.24, 2.45) is 0 Å². The number of hydrogen-bond acceptors (Lipinski definition) is 3. The van der Waals surface area contributed by atoms with Crippen LogP contribution in [-0.4, -0.2) is 17.7 Å². The van der Waals surface area contributed by atoms with Crippen LogP contribution in [0.3, 0.4) is 0 Å². The van der Waals surface area contributed by atoms with Crippen molar-refractivity contribution in [2.45, 2.75) is 31.3 Å². The minimum absolute atomic E-state index is 0.0262. The standard InChI is InChI=1S/C19H18ClNO3/c20-13-7-11-5-6-24-18(11)12(8-13)10-21-17-9-16(19(22)23)14-3-1-2-4-15(14)17/h1-4,7-8,16-17,21H,5-6,9-10H2,(H,22,23)/t16-,17+/m1/s1. The van der Waals surface area contributed by atoms with Crippen molar-refractivity contribution >= 4 is 17.6 Å². The molecule has 2 aromatic carbocycles. The number of nitrogens with one attached hydrogen (secondary N) is 1. The second kappa shape index (κ2) is 6.11. The van der Waals surface area contributed by atoms with Gasteiger partial charge < -0.3 is 15.2 Å². The fraction of sp³-hybridized carbons (Fsp3) is 0.316. The SMILES string of the molecule is O=C(O)[C@@H]1C[C@H](NCc2cc(Cl)cc3c2OCC3)c2ccccc21. The summed E-state index contributed by atoms with van der Waals surface area (Å²) in [5.74, 6) is -0.285. The van der Waals surface area contributed by atoms with Crippen molar-refractivity contribution in [3.8, 4) is 5.75 Å². The average molecular weight is 344 g/mol. The first-order valence-electron chi connectivity index (χ1n) is 8.12. The number of hydrogen-bond donors (Lipinski definition) is 2. The Kier molecular flexibility index (Phi) is 3.94. The number of fused-ring (bicyclic) bond motifs is 2. The fourth-order valence-corrected chi connectivity index (χ4v) is 4.04. The first-order chi connectivity index (χ1) is 11.6. The van der Waals surface area contributed by atoms with Crippen molar-refractivity contribution in [3.63, 3.8) is 0 Å². The van der Waals surface area contributed by atoms with Gasteiger partial charge in [-0.15, -0.1) is 0 Å². The zero-order valence-corrected chi connectivity index (χ0v) is 13.8. The van der Waals surface area contributed by atoms with Gasteiger partial charge in [-0.1, -0.05) is 35.9 Å². The molecule has 2 aromatic rings. The van der Waals surface area contributed by atoms with Crippen LogP contribution in [0.1, 0.15) is 40.6 Å². The molecule has 5 heteroatoms. The Bertz CT molecular complexity index is 805. The predicted molar refractivity (Wildman–Crippen MR) is 91.7 cm³/mol. The van der Waals surface area contributed by atoms with E-state index in [9.17, 15) is 9.90 Å². The van der Waals surface area contributed by atoms with E-state index in [2.05, 4.69) is 5.32 Å². The molecule has 2 N–H and O–H groups in total. The van der Waals surface area contributed by atoms with E-state index in [-0.39, 0.29) is 6.04 Å². The van der Waals surface area contributed by atoms with E-state index in [0.29, 0.717) is 24.6 Å². The molecule has 0 amide bonds. The van der Waals surface area contributed by atoms with Gasteiger partial charge in [-0.2, -0.15) is 0 Å². The third-order valence-electron chi connectivity index (χ3n) is 4.88. The molecule has 2 aliphatic rings. The summed E-state index contributed by atoms with van der Waals surface area (Å²) in [6, 6.07) is 11.7. The van der Waals surface area contributed by atoms with Crippen LogP contribution < -0.4 is 10.1 Å². The number of carboxylic acids is 1. The van der Waals surface area contributed by atoms with Gasteiger partial charge >= 0.3 is 5.97 Å². The Hall–Kier alpha value is -2.04.